The Bertz CT molecular complexity index is 422. The normalized spacial score (nSPS) is 32.9. The van der Waals surface area contributed by atoms with E-state index in [0.29, 0.717) is 0 Å². The summed E-state index contributed by atoms with van der Waals surface area (Å²) in [6, 6.07) is 0. The molecule has 0 radical (unpaired) electrons. The van der Waals surface area contributed by atoms with Crippen LogP contribution in [0.25, 0.3) is 0 Å². The van der Waals surface area contributed by atoms with Gasteiger partial charge < -0.3 is 25.8 Å². The zero-order chi connectivity index (χ0) is 12.6. The minimum atomic E-state index is -1.27. The summed E-state index contributed by atoms with van der Waals surface area (Å²) in [6.07, 6.45) is -3.26. The number of carbonyl (C=O) groups excluding carboxylic acids is 1. The number of carbonyl (C=O) groups is 1. The van der Waals surface area contributed by atoms with Crippen molar-refractivity contribution in [2.45, 2.75) is 24.5 Å². The second-order valence-electron chi connectivity index (χ2n) is 3.64. The number of hydrogen-bond acceptors (Lipinski definition) is 7. The van der Waals surface area contributed by atoms with Crippen molar-refractivity contribution in [3.8, 4) is 0 Å². The number of nitrogens with zero attached hydrogens (tertiary/aromatic N) is 3. The largest absolute Gasteiger partial charge is 0.394 e. The standard InChI is InChI=1S/C8H12N4O5/c9-6(16)7-10-2-12(11-7)8-5(15)4(14)3(1-13)17-8/h2-5,8,13-15H,1H2,(H2,9,16)/t3-,4+,5+,8-/m0/s1. The molecular formula is C8H12N4O5. The van der Waals surface area contributed by atoms with E-state index in [1.54, 1.807) is 0 Å². The van der Waals surface area contributed by atoms with Crippen LogP contribution in [0.2, 0.25) is 0 Å². The van der Waals surface area contributed by atoms with Gasteiger partial charge in [0.25, 0.3) is 5.91 Å². The van der Waals surface area contributed by atoms with Crippen LogP contribution in [0.1, 0.15) is 16.8 Å². The third-order valence-corrected chi connectivity index (χ3v) is 2.51. The summed E-state index contributed by atoms with van der Waals surface area (Å²) in [7, 11) is 0. The minimum absolute atomic E-state index is 0.220. The Hall–Kier alpha value is -1.55. The van der Waals surface area contributed by atoms with Crippen molar-refractivity contribution < 1.29 is 24.9 Å². The van der Waals surface area contributed by atoms with Crippen molar-refractivity contribution in [3.63, 3.8) is 0 Å². The lowest BCUT2D eigenvalue weighted by Gasteiger charge is -2.13. The Balaban J connectivity index is 2.19. The van der Waals surface area contributed by atoms with Gasteiger partial charge in [-0.15, -0.1) is 5.10 Å². The predicted molar refractivity (Wildman–Crippen MR) is 51.5 cm³/mol. The van der Waals surface area contributed by atoms with E-state index in [9.17, 15) is 15.0 Å². The van der Waals surface area contributed by atoms with Gasteiger partial charge in [0.1, 0.15) is 24.6 Å². The summed E-state index contributed by atoms with van der Waals surface area (Å²) in [5.41, 5.74) is 4.97. The molecule has 17 heavy (non-hydrogen) atoms. The van der Waals surface area contributed by atoms with Crippen LogP contribution in [0.15, 0.2) is 6.33 Å². The molecule has 1 fully saturated rings. The van der Waals surface area contributed by atoms with Gasteiger partial charge >= 0.3 is 0 Å². The molecule has 0 saturated carbocycles. The summed E-state index contributed by atoms with van der Waals surface area (Å²) >= 11 is 0. The summed E-state index contributed by atoms with van der Waals surface area (Å²) < 4.78 is 6.25. The first-order valence-corrected chi connectivity index (χ1v) is 4.88. The number of nitrogens with two attached hydrogens (primary N) is 1. The third kappa shape index (κ3) is 2.00. The van der Waals surface area contributed by atoms with Crippen LogP contribution >= 0.6 is 0 Å². The summed E-state index contributed by atoms with van der Waals surface area (Å²) in [4.78, 5) is 14.4. The van der Waals surface area contributed by atoms with Gasteiger partial charge in [0.15, 0.2) is 6.23 Å². The molecule has 0 bridgehead atoms. The van der Waals surface area contributed by atoms with Crippen LogP contribution in [0.3, 0.4) is 0 Å². The van der Waals surface area contributed by atoms with Crippen molar-refractivity contribution in [1.82, 2.24) is 14.8 Å². The fourth-order valence-electron chi connectivity index (χ4n) is 1.61. The van der Waals surface area contributed by atoms with Crippen molar-refractivity contribution in [3.05, 3.63) is 12.2 Å². The maximum atomic E-state index is 10.8. The highest BCUT2D eigenvalue weighted by Gasteiger charge is 2.43. The Kier molecular flexibility index (Phi) is 3.07. The van der Waals surface area contributed by atoms with E-state index in [-0.39, 0.29) is 5.82 Å². The van der Waals surface area contributed by atoms with Crippen LogP contribution in [-0.2, 0) is 4.74 Å². The van der Waals surface area contributed by atoms with Gasteiger partial charge in [0.2, 0.25) is 5.82 Å². The highest BCUT2D eigenvalue weighted by Crippen LogP contribution is 2.28. The second kappa shape index (κ2) is 4.37. The van der Waals surface area contributed by atoms with Crippen LogP contribution in [0.4, 0.5) is 0 Å². The molecule has 1 aliphatic rings. The highest BCUT2D eigenvalue weighted by molar-refractivity contribution is 5.88. The van der Waals surface area contributed by atoms with E-state index in [4.69, 9.17) is 15.6 Å². The molecule has 1 amide bonds. The number of aliphatic hydroxyl groups is 3. The molecule has 1 aliphatic heterocycles. The maximum Gasteiger partial charge on any atom is 0.288 e. The van der Waals surface area contributed by atoms with Gasteiger partial charge in [0, 0.05) is 0 Å². The van der Waals surface area contributed by atoms with E-state index in [0.717, 1.165) is 11.0 Å². The Labute approximate surface area is 95.4 Å². The van der Waals surface area contributed by atoms with Crippen molar-refractivity contribution in [1.29, 1.82) is 0 Å². The number of rotatable bonds is 3. The molecule has 1 aromatic heterocycles. The van der Waals surface area contributed by atoms with Gasteiger partial charge in [-0.1, -0.05) is 0 Å². The van der Waals surface area contributed by atoms with Crippen LogP contribution in [-0.4, -0.2) is 60.9 Å². The lowest BCUT2D eigenvalue weighted by Crippen LogP contribution is -2.33. The molecule has 1 saturated heterocycles. The molecule has 0 aromatic carbocycles. The smallest absolute Gasteiger partial charge is 0.288 e. The number of amides is 1. The van der Waals surface area contributed by atoms with E-state index >= 15 is 0 Å². The Morgan fingerprint density at radius 2 is 2.24 bits per heavy atom. The maximum absolute atomic E-state index is 10.8. The van der Waals surface area contributed by atoms with Crippen LogP contribution < -0.4 is 5.73 Å². The topological polar surface area (TPSA) is 144 Å². The lowest BCUT2D eigenvalue weighted by molar-refractivity contribution is -0.0588. The molecule has 94 valence electrons. The van der Waals surface area contributed by atoms with E-state index in [1.807, 2.05) is 0 Å². The minimum Gasteiger partial charge on any atom is -0.394 e. The first-order chi connectivity index (χ1) is 8.04. The zero-order valence-corrected chi connectivity index (χ0v) is 8.67. The van der Waals surface area contributed by atoms with Crippen molar-refractivity contribution in [2.24, 2.45) is 5.73 Å². The van der Waals surface area contributed by atoms with Gasteiger partial charge in [0.05, 0.1) is 6.61 Å². The van der Waals surface area contributed by atoms with Gasteiger partial charge in [-0.05, 0) is 0 Å². The first kappa shape index (κ1) is 11.9. The third-order valence-electron chi connectivity index (χ3n) is 2.51. The monoisotopic (exact) mass is 244 g/mol. The molecule has 4 atom stereocenters. The molecule has 2 rings (SSSR count). The molecule has 0 aliphatic carbocycles. The SMILES string of the molecule is NC(=O)c1ncn([C@H]2O[C@@H](CO)[C@@H](O)[C@H]2O)n1. The summed E-state index contributed by atoms with van der Waals surface area (Å²) in [5, 5.41) is 31.8. The van der Waals surface area contributed by atoms with E-state index in [1.165, 1.54) is 0 Å². The quantitative estimate of drug-likeness (QED) is 0.443. The van der Waals surface area contributed by atoms with Crippen LogP contribution in [0.5, 0.6) is 0 Å². The lowest BCUT2D eigenvalue weighted by atomic mass is 10.1. The van der Waals surface area contributed by atoms with E-state index < -0.39 is 37.1 Å². The fourth-order valence-corrected chi connectivity index (χ4v) is 1.61. The summed E-state index contributed by atoms with van der Waals surface area (Å²) in [5.74, 6) is -1.03. The van der Waals surface area contributed by atoms with Crippen LogP contribution in [0, 0.1) is 0 Å². The Morgan fingerprint density at radius 1 is 1.53 bits per heavy atom. The van der Waals surface area contributed by atoms with Gasteiger partial charge in [-0.3, -0.25) is 4.79 Å². The average Bonchev–Trinajstić information content (AvgIpc) is 2.87. The number of ether oxygens (including phenoxy) is 1. The number of hydrogen-bond donors (Lipinski definition) is 4. The summed E-state index contributed by atoms with van der Waals surface area (Å²) in [6.45, 7) is -0.438. The highest BCUT2D eigenvalue weighted by atomic mass is 16.6. The van der Waals surface area contributed by atoms with Crippen molar-refractivity contribution in [2.75, 3.05) is 6.61 Å². The molecule has 0 spiro atoms. The first-order valence-electron chi connectivity index (χ1n) is 4.88. The van der Waals surface area contributed by atoms with Crippen molar-refractivity contribution >= 4 is 5.91 Å². The van der Waals surface area contributed by atoms with E-state index in [2.05, 4.69) is 10.1 Å². The zero-order valence-electron chi connectivity index (χ0n) is 8.67. The average molecular weight is 244 g/mol. The second-order valence-corrected chi connectivity index (χ2v) is 3.64. The number of aromatic nitrogens is 3. The van der Waals surface area contributed by atoms with Gasteiger partial charge in [-0.2, -0.15) is 0 Å². The molecule has 9 nitrogen and oxygen atoms in total. The molecule has 0 unspecified atom stereocenters. The molecule has 9 heteroatoms. The molecule has 5 N–H and O–H groups in total. The molecule has 1 aromatic rings. The molecular weight excluding hydrogens is 232 g/mol. The number of aliphatic hydroxyl groups excluding tert-OH is 3. The fraction of sp³-hybridized carbons (Fsp3) is 0.625. The molecule has 2 heterocycles. The van der Waals surface area contributed by atoms with Gasteiger partial charge in [-0.25, -0.2) is 9.67 Å². The predicted octanol–water partition coefficient (Wildman–Crippen LogP) is -3.01. The Morgan fingerprint density at radius 3 is 2.71 bits per heavy atom. The number of primary amides is 1.